The molecule has 3 rings (SSSR count). The smallest absolute Gasteiger partial charge is 0.280 e. The number of hydrogen-bond acceptors (Lipinski definition) is 5. The number of alkyl halides is 2. The number of carbonyl (C=O) groups is 1. The minimum absolute atomic E-state index is 0.00899. The molecule has 0 aliphatic carbocycles. The van der Waals surface area contributed by atoms with Crippen molar-refractivity contribution < 1.29 is 18.5 Å². The number of rotatable bonds is 4. The molecule has 0 radical (unpaired) electrons. The number of amides is 1. The SMILES string of the molecule is Cc1cc(C(F)F)n2ncc(C(=O)Nc3ccc([N+](=O)[O-])cc3)c2n1. The number of anilines is 1. The van der Waals surface area contributed by atoms with E-state index in [2.05, 4.69) is 15.4 Å². The van der Waals surface area contributed by atoms with E-state index in [4.69, 9.17) is 0 Å². The summed E-state index contributed by atoms with van der Waals surface area (Å²) in [5.74, 6) is -0.609. The molecule has 0 aliphatic rings. The summed E-state index contributed by atoms with van der Waals surface area (Å²) in [6.45, 7) is 1.54. The van der Waals surface area contributed by atoms with Gasteiger partial charge >= 0.3 is 0 Å². The first-order chi connectivity index (χ1) is 11.9. The third kappa shape index (κ3) is 3.13. The second-order valence-electron chi connectivity index (χ2n) is 5.17. The molecular weight excluding hydrogens is 336 g/mol. The number of hydrogen-bond donors (Lipinski definition) is 1. The van der Waals surface area contributed by atoms with Crippen molar-refractivity contribution in [3.8, 4) is 0 Å². The fourth-order valence-corrected chi connectivity index (χ4v) is 2.29. The molecular formula is C15H11F2N5O3. The van der Waals surface area contributed by atoms with Gasteiger partial charge in [0.1, 0.15) is 11.3 Å². The number of fused-ring (bicyclic) bond motifs is 1. The Bertz CT molecular complexity index is 969. The molecule has 0 aliphatic heterocycles. The molecule has 0 atom stereocenters. The van der Waals surface area contributed by atoms with Crippen molar-refractivity contribution >= 4 is 22.9 Å². The van der Waals surface area contributed by atoms with Crippen LogP contribution < -0.4 is 5.32 Å². The molecule has 0 saturated carbocycles. The first-order valence-corrected chi connectivity index (χ1v) is 7.06. The van der Waals surface area contributed by atoms with E-state index in [0.29, 0.717) is 11.4 Å². The number of non-ortho nitro benzene ring substituents is 1. The number of benzene rings is 1. The average molecular weight is 347 g/mol. The predicted octanol–water partition coefficient (Wildman–Crippen LogP) is 3.14. The molecule has 0 unspecified atom stereocenters. The third-order valence-electron chi connectivity index (χ3n) is 3.43. The van der Waals surface area contributed by atoms with Crippen LogP contribution in [0.5, 0.6) is 0 Å². The van der Waals surface area contributed by atoms with Gasteiger partial charge in [0.15, 0.2) is 5.65 Å². The van der Waals surface area contributed by atoms with Gasteiger partial charge in [-0.2, -0.15) is 5.10 Å². The molecule has 10 heteroatoms. The summed E-state index contributed by atoms with van der Waals surface area (Å²) in [5, 5.41) is 17.0. The molecule has 0 spiro atoms. The highest BCUT2D eigenvalue weighted by Gasteiger charge is 2.20. The predicted molar refractivity (Wildman–Crippen MR) is 83.7 cm³/mol. The molecule has 3 aromatic rings. The fraction of sp³-hybridized carbons (Fsp3) is 0.133. The molecule has 2 heterocycles. The maximum atomic E-state index is 13.1. The van der Waals surface area contributed by atoms with Gasteiger partial charge in [0, 0.05) is 23.5 Å². The Kier molecular flexibility index (Phi) is 4.09. The minimum atomic E-state index is -2.77. The van der Waals surface area contributed by atoms with Crippen molar-refractivity contribution in [2.45, 2.75) is 13.3 Å². The van der Waals surface area contributed by atoms with Crippen LogP contribution in [-0.2, 0) is 0 Å². The molecule has 0 fully saturated rings. The Morgan fingerprint density at radius 1 is 1.32 bits per heavy atom. The van der Waals surface area contributed by atoms with Crippen molar-refractivity contribution in [3.05, 3.63) is 63.6 Å². The molecule has 25 heavy (non-hydrogen) atoms. The molecule has 1 amide bonds. The standard InChI is InChI=1S/C15H11F2N5O3/c1-8-6-12(13(16)17)21-14(19-8)11(7-18-21)15(23)20-9-2-4-10(5-3-9)22(24)25/h2-7,13H,1H3,(H,20,23). The van der Waals surface area contributed by atoms with Gasteiger partial charge in [-0.1, -0.05) is 0 Å². The Balaban J connectivity index is 1.93. The van der Waals surface area contributed by atoms with E-state index in [1.165, 1.54) is 37.3 Å². The van der Waals surface area contributed by atoms with E-state index in [9.17, 15) is 23.7 Å². The molecule has 2 aromatic heterocycles. The Labute approximate surface area is 139 Å². The van der Waals surface area contributed by atoms with E-state index in [0.717, 1.165) is 10.7 Å². The Morgan fingerprint density at radius 2 is 2.00 bits per heavy atom. The van der Waals surface area contributed by atoms with Crippen LogP contribution in [0.3, 0.4) is 0 Å². The number of nitrogens with one attached hydrogen (secondary N) is 1. The summed E-state index contributed by atoms with van der Waals surface area (Å²) in [4.78, 5) is 26.5. The molecule has 0 bridgehead atoms. The molecule has 128 valence electrons. The zero-order chi connectivity index (χ0) is 18.1. The number of halogens is 2. The van der Waals surface area contributed by atoms with E-state index in [-0.39, 0.29) is 22.6 Å². The molecule has 8 nitrogen and oxygen atoms in total. The number of nitro benzene ring substituents is 1. The summed E-state index contributed by atoms with van der Waals surface area (Å²) < 4.78 is 27.1. The van der Waals surface area contributed by atoms with Gasteiger partial charge in [-0.05, 0) is 25.1 Å². The minimum Gasteiger partial charge on any atom is -0.322 e. The maximum Gasteiger partial charge on any atom is 0.280 e. The number of nitro groups is 1. The lowest BCUT2D eigenvalue weighted by atomic mass is 10.2. The lowest BCUT2D eigenvalue weighted by Crippen LogP contribution is -2.12. The number of aromatic nitrogens is 3. The fourth-order valence-electron chi connectivity index (χ4n) is 2.29. The monoisotopic (exact) mass is 347 g/mol. The zero-order valence-corrected chi connectivity index (χ0v) is 12.8. The first-order valence-electron chi connectivity index (χ1n) is 7.06. The summed E-state index contributed by atoms with van der Waals surface area (Å²) in [6.07, 6.45) is -1.62. The topological polar surface area (TPSA) is 102 Å². The second kappa shape index (κ2) is 6.23. The van der Waals surface area contributed by atoms with Crippen LogP contribution in [0.25, 0.3) is 5.65 Å². The lowest BCUT2D eigenvalue weighted by molar-refractivity contribution is -0.384. The van der Waals surface area contributed by atoms with Gasteiger partial charge in [-0.15, -0.1) is 0 Å². The highest BCUT2D eigenvalue weighted by Crippen LogP contribution is 2.22. The normalized spacial score (nSPS) is 11.0. The van der Waals surface area contributed by atoms with Gasteiger partial charge in [-0.25, -0.2) is 18.3 Å². The zero-order valence-electron chi connectivity index (χ0n) is 12.8. The highest BCUT2D eigenvalue weighted by atomic mass is 19.3. The lowest BCUT2D eigenvalue weighted by Gasteiger charge is -2.06. The van der Waals surface area contributed by atoms with Crippen LogP contribution in [0.1, 0.15) is 28.2 Å². The van der Waals surface area contributed by atoms with Gasteiger partial charge in [0.2, 0.25) is 0 Å². The number of nitrogens with zero attached hydrogens (tertiary/aromatic N) is 4. The van der Waals surface area contributed by atoms with Gasteiger partial charge < -0.3 is 5.32 Å². The van der Waals surface area contributed by atoms with Crippen LogP contribution in [0.15, 0.2) is 36.5 Å². The number of aryl methyl sites for hydroxylation is 1. The van der Waals surface area contributed by atoms with Crippen molar-refractivity contribution in [2.24, 2.45) is 0 Å². The van der Waals surface area contributed by atoms with E-state index < -0.39 is 17.3 Å². The van der Waals surface area contributed by atoms with E-state index >= 15 is 0 Å². The Morgan fingerprint density at radius 3 is 2.60 bits per heavy atom. The van der Waals surface area contributed by atoms with Crippen LogP contribution in [-0.4, -0.2) is 25.4 Å². The third-order valence-corrected chi connectivity index (χ3v) is 3.43. The van der Waals surface area contributed by atoms with Crippen molar-refractivity contribution in [3.63, 3.8) is 0 Å². The highest BCUT2D eigenvalue weighted by molar-refractivity contribution is 6.08. The summed E-state index contributed by atoms with van der Waals surface area (Å²) in [7, 11) is 0. The molecule has 1 aromatic carbocycles. The van der Waals surface area contributed by atoms with Gasteiger partial charge in [-0.3, -0.25) is 14.9 Å². The van der Waals surface area contributed by atoms with Crippen LogP contribution in [0.4, 0.5) is 20.2 Å². The molecule has 1 N–H and O–H groups in total. The van der Waals surface area contributed by atoms with Crippen molar-refractivity contribution in [2.75, 3.05) is 5.32 Å². The maximum absolute atomic E-state index is 13.1. The van der Waals surface area contributed by atoms with Gasteiger partial charge in [0.25, 0.3) is 18.0 Å². The van der Waals surface area contributed by atoms with Crippen LogP contribution in [0, 0.1) is 17.0 Å². The summed E-state index contributed by atoms with van der Waals surface area (Å²) >= 11 is 0. The largest absolute Gasteiger partial charge is 0.322 e. The first kappa shape index (κ1) is 16.4. The Hall–Kier alpha value is -3.43. The second-order valence-corrected chi connectivity index (χ2v) is 5.17. The van der Waals surface area contributed by atoms with Crippen LogP contribution in [0.2, 0.25) is 0 Å². The van der Waals surface area contributed by atoms with Crippen LogP contribution >= 0.6 is 0 Å². The van der Waals surface area contributed by atoms with Crippen molar-refractivity contribution in [1.82, 2.24) is 14.6 Å². The quantitative estimate of drug-likeness (QED) is 0.577. The van der Waals surface area contributed by atoms with Gasteiger partial charge in [0.05, 0.1) is 11.1 Å². The number of carbonyl (C=O) groups excluding carboxylic acids is 1. The van der Waals surface area contributed by atoms with E-state index in [1.807, 2.05) is 0 Å². The summed E-state index contributed by atoms with van der Waals surface area (Å²) in [6, 6.07) is 6.41. The van der Waals surface area contributed by atoms with E-state index in [1.54, 1.807) is 0 Å². The molecule has 0 saturated heterocycles. The summed E-state index contributed by atoms with van der Waals surface area (Å²) in [5.41, 5.74) is 0.188. The average Bonchev–Trinajstić information content (AvgIpc) is 2.98. The van der Waals surface area contributed by atoms with Crippen molar-refractivity contribution in [1.29, 1.82) is 0 Å².